The van der Waals surface area contributed by atoms with Crippen LogP contribution in [0.5, 0.6) is 0 Å². The van der Waals surface area contributed by atoms with Gasteiger partial charge in [-0.15, -0.1) is 0 Å². The number of nitrogens with one attached hydrogen (secondary N) is 1. The molecule has 4 heteroatoms. The van der Waals surface area contributed by atoms with Crippen LogP contribution in [0.2, 0.25) is 0 Å². The van der Waals surface area contributed by atoms with E-state index in [1.54, 1.807) is 6.92 Å². The van der Waals surface area contributed by atoms with Gasteiger partial charge in [0.2, 0.25) is 0 Å². The third-order valence-electron chi connectivity index (χ3n) is 4.37. The maximum Gasteiger partial charge on any atom is 0.146 e. The van der Waals surface area contributed by atoms with Crippen molar-refractivity contribution in [1.82, 2.24) is 0 Å². The van der Waals surface area contributed by atoms with E-state index in [1.165, 1.54) is 18.6 Å². The summed E-state index contributed by atoms with van der Waals surface area (Å²) in [6.07, 6.45) is 5.13. The zero-order valence-corrected chi connectivity index (χ0v) is 11.1. The van der Waals surface area contributed by atoms with E-state index in [0.717, 1.165) is 25.7 Å². The lowest BCUT2D eigenvalue weighted by atomic mass is 9.74. The Morgan fingerprint density at radius 2 is 2.05 bits per heavy atom. The van der Waals surface area contributed by atoms with E-state index in [-0.39, 0.29) is 29.0 Å². The van der Waals surface area contributed by atoms with Gasteiger partial charge in [0.05, 0.1) is 11.3 Å². The lowest BCUT2D eigenvalue weighted by Gasteiger charge is -2.47. The normalized spacial score (nSPS) is 25.1. The average Bonchev–Trinajstić information content (AvgIpc) is 2.34. The van der Waals surface area contributed by atoms with E-state index in [2.05, 4.69) is 5.32 Å². The summed E-state index contributed by atoms with van der Waals surface area (Å²) in [6.45, 7) is 2.27. The summed E-state index contributed by atoms with van der Waals surface area (Å²) < 4.78 is 33.2. The smallest absolute Gasteiger partial charge is 0.146 e. The molecule has 1 aliphatic carbocycles. The van der Waals surface area contributed by atoms with Crippen LogP contribution in [0.1, 0.15) is 37.7 Å². The van der Waals surface area contributed by atoms with Crippen LogP contribution in [0.3, 0.4) is 0 Å². The number of rotatable bonds is 2. The molecule has 0 radical (unpaired) electrons. The lowest BCUT2D eigenvalue weighted by molar-refractivity contribution is -0.130. The van der Waals surface area contributed by atoms with Crippen molar-refractivity contribution in [2.24, 2.45) is 0 Å². The number of hydrogen-bond acceptors (Lipinski definition) is 2. The first kappa shape index (κ1) is 12.9. The van der Waals surface area contributed by atoms with Gasteiger partial charge in [0.1, 0.15) is 11.6 Å². The molecule has 1 spiro atoms. The molecule has 1 heterocycles. The Morgan fingerprint density at radius 1 is 1.26 bits per heavy atom. The topological polar surface area (TPSA) is 21.3 Å². The molecular formula is C15H19F2NO. The van der Waals surface area contributed by atoms with Crippen molar-refractivity contribution < 1.29 is 13.5 Å². The summed E-state index contributed by atoms with van der Waals surface area (Å²) in [5.74, 6) is -0.748. The molecule has 0 bridgehead atoms. The molecule has 104 valence electrons. The van der Waals surface area contributed by atoms with Crippen LogP contribution in [0.4, 0.5) is 14.5 Å². The highest BCUT2D eigenvalue weighted by Gasteiger charge is 2.42. The molecule has 1 saturated heterocycles. The second kappa shape index (κ2) is 4.75. The summed E-state index contributed by atoms with van der Waals surface area (Å²) in [5.41, 5.74) is 0.616. The molecule has 2 aliphatic rings. The van der Waals surface area contributed by atoms with Crippen LogP contribution >= 0.6 is 0 Å². The summed E-state index contributed by atoms with van der Waals surface area (Å²) in [4.78, 5) is 0. The fourth-order valence-electron chi connectivity index (χ4n) is 3.05. The predicted molar refractivity (Wildman–Crippen MR) is 70.3 cm³/mol. The van der Waals surface area contributed by atoms with E-state index in [9.17, 15) is 8.78 Å². The number of aryl methyl sites for hydroxylation is 1. The Bertz CT molecular complexity index is 485. The van der Waals surface area contributed by atoms with Gasteiger partial charge in [0.25, 0.3) is 0 Å². The molecule has 3 rings (SSSR count). The van der Waals surface area contributed by atoms with Gasteiger partial charge in [-0.05, 0) is 50.7 Å². The molecular weight excluding hydrogens is 248 g/mol. The SMILES string of the molecule is Cc1cc(F)c(NC2CCOC3(CCC3)C2)cc1F. The standard InChI is InChI=1S/C15H19F2NO/c1-10-7-13(17)14(8-12(10)16)18-11-3-6-19-15(9-11)4-2-5-15/h7-8,11,18H,2-6,9H2,1H3. The molecule has 1 aliphatic heterocycles. The van der Waals surface area contributed by atoms with Gasteiger partial charge in [0, 0.05) is 18.7 Å². The molecule has 1 aromatic carbocycles. The van der Waals surface area contributed by atoms with Crippen molar-refractivity contribution in [1.29, 1.82) is 0 Å². The van der Waals surface area contributed by atoms with E-state index in [4.69, 9.17) is 4.74 Å². The fraction of sp³-hybridized carbons (Fsp3) is 0.600. The molecule has 0 amide bonds. The summed E-state index contributed by atoms with van der Waals surface area (Å²) in [6, 6.07) is 2.68. The van der Waals surface area contributed by atoms with Crippen molar-refractivity contribution in [3.63, 3.8) is 0 Å². The van der Waals surface area contributed by atoms with Crippen LogP contribution in [-0.2, 0) is 4.74 Å². The Balaban J connectivity index is 1.72. The Hall–Kier alpha value is -1.16. The molecule has 19 heavy (non-hydrogen) atoms. The first-order valence-electron chi connectivity index (χ1n) is 6.94. The number of benzene rings is 1. The third-order valence-corrected chi connectivity index (χ3v) is 4.37. The van der Waals surface area contributed by atoms with Crippen LogP contribution in [0, 0.1) is 18.6 Å². The molecule has 1 saturated carbocycles. The molecule has 1 N–H and O–H groups in total. The van der Waals surface area contributed by atoms with E-state index >= 15 is 0 Å². The summed E-state index contributed by atoms with van der Waals surface area (Å²) in [5, 5.41) is 3.15. The zero-order chi connectivity index (χ0) is 13.5. The summed E-state index contributed by atoms with van der Waals surface area (Å²) >= 11 is 0. The lowest BCUT2D eigenvalue weighted by Crippen LogP contribution is -2.49. The second-order valence-corrected chi connectivity index (χ2v) is 5.80. The van der Waals surface area contributed by atoms with Gasteiger partial charge < -0.3 is 10.1 Å². The van der Waals surface area contributed by atoms with Crippen molar-refractivity contribution in [2.75, 3.05) is 11.9 Å². The number of halogens is 2. The molecule has 1 atom stereocenters. The Kier molecular flexibility index (Phi) is 3.21. The van der Waals surface area contributed by atoms with E-state index in [0.29, 0.717) is 12.2 Å². The molecule has 1 unspecified atom stereocenters. The minimum Gasteiger partial charge on any atom is -0.380 e. The summed E-state index contributed by atoms with van der Waals surface area (Å²) in [7, 11) is 0. The minimum atomic E-state index is -0.381. The van der Waals surface area contributed by atoms with Gasteiger partial charge in [-0.25, -0.2) is 8.78 Å². The molecule has 2 nitrogen and oxygen atoms in total. The average molecular weight is 267 g/mol. The maximum absolute atomic E-state index is 13.8. The zero-order valence-electron chi connectivity index (χ0n) is 11.1. The van der Waals surface area contributed by atoms with Crippen LogP contribution in [0.15, 0.2) is 12.1 Å². The third kappa shape index (κ3) is 2.46. The minimum absolute atomic E-state index is 0.00956. The van der Waals surface area contributed by atoms with Gasteiger partial charge in [-0.3, -0.25) is 0 Å². The van der Waals surface area contributed by atoms with Gasteiger partial charge in [0.15, 0.2) is 0 Å². The van der Waals surface area contributed by atoms with Crippen LogP contribution in [0.25, 0.3) is 0 Å². The highest BCUT2D eigenvalue weighted by Crippen LogP contribution is 2.43. The Labute approximate surface area is 112 Å². The highest BCUT2D eigenvalue weighted by atomic mass is 19.1. The quantitative estimate of drug-likeness (QED) is 0.880. The van der Waals surface area contributed by atoms with Crippen molar-refractivity contribution in [3.8, 4) is 0 Å². The number of anilines is 1. The van der Waals surface area contributed by atoms with Crippen LogP contribution in [-0.4, -0.2) is 18.2 Å². The maximum atomic E-state index is 13.8. The first-order valence-corrected chi connectivity index (χ1v) is 6.94. The van der Waals surface area contributed by atoms with Gasteiger partial charge in [-0.1, -0.05) is 0 Å². The number of ether oxygens (including phenoxy) is 1. The van der Waals surface area contributed by atoms with Crippen molar-refractivity contribution in [2.45, 2.75) is 50.7 Å². The largest absolute Gasteiger partial charge is 0.380 e. The first-order chi connectivity index (χ1) is 9.08. The Morgan fingerprint density at radius 3 is 2.74 bits per heavy atom. The van der Waals surface area contributed by atoms with Gasteiger partial charge in [-0.2, -0.15) is 0 Å². The van der Waals surface area contributed by atoms with Crippen LogP contribution < -0.4 is 5.32 Å². The second-order valence-electron chi connectivity index (χ2n) is 5.80. The molecule has 1 aromatic rings. The molecule has 0 aromatic heterocycles. The van der Waals surface area contributed by atoms with E-state index in [1.807, 2.05) is 0 Å². The van der Waals surface area contributed by atoms with Gasteiger partial charge >= 0.3 is 0 Å². The highest BCUT2D eigenvalue weighted by molar-refractivity contribution is 5.47. The monoisotopic (exact) mass is 267 g/mol. The van der Waals surface area contributed by atoms with E-state index < -0.39 is 0 Å². The number of hydrogen-bond donors (Lipinski definition) is 1. The van der Waals surface area contributed by atoms with Crippen molar-refractivity contribution >= 4 is 5.69 Å². The predicted octanol–water partition coefficient (Wildman–Crippen LogP) is 3.79. The van der Waals surface area contributed by atoms with Crippen molar-refractivity contribution in [3.05, 3.63) is 29.3 Å². The molecule has 2 fully saturated rings. The fourth-order valence-corrected chi connectivity index (χ4v) is 3.05.